The van der Waals surface area contributed by atoms with Crippen molar-refractivity contribution in [1.29, 1.82) is 0 Å². The summed E-state index contributed by atoms with van der Waals surface area (Å²) in [7, 11) is 2.02. The third-order valence-corrected chi connectivity index (χ3v) is 5.24. The second-order valence-electron chi connectivity index (χ2n) is 7.58. The molecule has 0 spiro atoms. The Morgan fingerprint density at radius 1 is 1.30 bits per heavy atom. The highest BCUT2D eigenvalue weighted by Gasteiger charge is 2.25. The monoisotopic (exact) mass is 373 g/mol. The van der Waals surface area contributed by atoms with Crippen molar-refractivity contribution in [1.82, 2.24) is 14.9 Å². The lowest BCUT2D eigenvalue weighted by atomic mass is 9.95. The van der Waals surface area contributed by atoms with Crippen molar-refractivity contribution < 1.29 is 14.3 Å². The SMILES string of the molecule is CCc1ccc2nc(O[C@H]3CC[C@H](OC[C@H](C)NC(C)=O)CC3)n(C)c2c1. The highest BCUT2D eigenvalue weighted by atomic mass is 16.5. The number of aromatic nitrogens is 2. The highest BCUT2D eigenvalue weighted by molar-refractivity contribution is 5.77. The summed E-state index contributed by atoms with van der Waals surface area (Å²) in [6.07, 6.45) is 5.31. The molecule has 1 saturated carbocycles. The lowest BCUT2D eigenvalue weighted by molar-refractivity contribution is -0.120. The van der Waals surface area contributed by atoms with E-state index >= 15 is 0 Å². The summed E-state index contributed by atoms with van der Waals surface area (Å²) in [5.74, 6) is -0.0169. The van der Waals surface area contributed by atoms with E-state index in [0.29, 0.717) is 12.6 Å². The van der Waals surface area contributed by atoms with Gasteiger partial charge in [0.1, 0.15) is 6.10 Å². The van der Waals surface area contributed by atoms with Crippen molar-refractivity contribution in [2.45, 2.75) is 71.1 Å². The van der Waals surface area contributed by atoms with E-state index in [1.54, 1.807) is 0 Å². The van der Waals surface area contributed by atoms with Gasteiger partial charge in [0.15, 0.2) is 0 Å². The molecule has 0 aliphatic heterocycles. The van der Waals surface area contributed by atoms with Crippen LogP contribution in [0.5, 0.6) is 6.01 Å². The van der Waals surface area contributed by atoms with Crippen LogP contribution in [-0.2, 0) is 23.0 Å². The first-order valence-electron chi connectivity index (χ1n) is 9.97. The molecule has 27 heavy (non-hydrogen) atoms. The molecule has 148 valence electrons. The molecule has 3 rings (SSSR count). The van der Waals surface area contributed by atoms with Crippen molar-refractivity contribution in [3.63, 3.8) is 0 Å². The predicted octanol–water partition coefficient (Wildman–Crippen LogP) is 3.37. The standard InChI is InChI=1S/C21H31N3O3/c1-5-16-6-11-19-20(12-16)24(4)21(23-19)27-18-9-7-17(8-10-18)26-13-14(2)22-15(3)25/h6,11-12,14,17-18H,5,7-10,13H2,1-4H3,(H,22,25)/t14-,17-,18-/m0/s1. The molecule has 0 saturated heterocycles. The molecule has 0 bridgehead atoms. The van der Waals surface area contributed by atoms with Crippen LogP contribution in [0.15, 0.2) is 18.2 Å². The molecule has 1 amide bonds. The summed E-state index contributed by atoms with van der Waals surface area (Å²) in [4.78, 5) is 15.7. The van der Waals surface area contributed by atoms with Crippen molar-refractivity contribution in [3.05, 3.63) is 23.8 Å². The number of carbonyl (C=O) groups excluding carboxylic acids is 1. The van der Waals surface area contributed by atoms with Crippen LogP contribution >= 0.6 is 0 Å². The lowest BCUT2D eigenvalue weighted by Crippen LogP contribution is -2.37. The Kier molecular flexibility index (Phi) is 6.37. The molecule has 0 radical (unpaired) electrons. The zero-order valence-electron chi connectivity index (χ0n) is 16.8. The van der Waals surface area contributed by atoms with Crippen LogP contribution in [0.4, 0.5) is 0 Å². The van der Waals surface area contributed by atoms with Crippen LogP contribution in [0, 0.1) is 0 Å². The van der Waals surface area contributed by atoms with E-state index in [4.69, 9.17) is 9.47 Å². The molecular weight excluding hydrogens is 342 g/mol. The van der Waals surface area contributed by atoms with E-state index in [9.17, 15) is 4.79 Å². The number of carbonyl (C=O) groups is 1. The Hall–Kier alpha value is -2.08. The van der Waals surface area contributed by atoms with Gasteiger partial charge in [0.25, 0.3) is 6.01 Å². The third kappa shape index (κ3) is 5.01. The van der Waals surface area contributed by atoms with Crippen molar-refractivity contribution in [3.8, 4) is 6.01 Å². The molecule has 1 N–H and O–H groups in total. The summed E-state index contributed by atoms with van der Waals surface area (Å²) in [5.41, 5.74) is 3.41. The Morgan fingerprint density at radius 2 is 2.00 bits per heavy atom. The Bertz CT molecular complexity index is 778. The van der Waals surface area contributed by atoms with Gasteiger partial charge < -0.3 is 14.8 Å². The summed E-state index contributed by atoms with van der Waals surface area (Å²) >= 11 is 0. The minimum absolute atomic E-state index is 0.0169. The lowest BCUT2D eigenvalue weighted by Gasteiger charge is -2.29. The van der Waals surface area contributed by atoms with Gasteiger partial charge >= 0.3 is 0 Å². The number of benzene rings is 1. The molecule has 0 unspecified atom stereocenters. The zero-order chi connectivity index (χ0) is 19.4. The molecule has 1 aliphatic rings. The van der Waals surface area contributed by atoms with Crippen LogP contribution in [-0.4, -0.2) is 40.3 Å². The first-order valence-corrected chi connectivity index (χ1v) is 9.97. The summed E-state index contributed by atoms with van der Waals surface area (Å²) in [6.45, 7) is 6.21. The Labute approximate surface area is 161 Å². The fourth-order valence-corrected chi connectivity index (χ4v) is 3.67. The van der Waals surface area contributed by atoms with Crippen LogP contribution < -0.4 is 10.1 Å². The van der Waals surface area contributed by atoms with Gasteiger partial charge in [0, 0.05) is 20.0 Å². The van der Waals surface area contributed by atoms with E-state index in [1.807, 2.05) is 18.5 Å². The molecule has 2 aromatic rings. The number of hydrogen-bond acceptors (Lipinski definition) is 4. The molecule has 1 aromatic heterocycles. The number of hydrogen-bond donors (Lipinski definition) is 1. The van der Waals surface area contributed by atoms with E-state index in [1.165, 1.54) is 12.5 Å². The number of fused-ring (bicyclic) bond motifs is 1. The number of imidazole rings is 1. The minimum atomic E-state index is -0.0169. The Balaban J connectivity index is 1.51. The normalized spacial score (nSPS) is 21.2. The van der Waals surface area contributed by atoms with Crippen molar-refractivity contribution >= 4 is 16.9 Å². The number of rotatable bonds is 7. The smallest absolute Gasteiger partial charge is 0.297 e. The van der Waals surface area contributed by atoms with Crippen molar-refractivity contribution in [2.24, 2.45) is 7.05 Å². The molecule has 1 fully saturated rings. The van der Waals surface area contributed by atoms with Crippen molar-refractivity contribution in [2.75, 3.05) is 6.61 Å². The van der Waals surface area contributed by atoms with Gasteiger partial charge in [-0.15, -0.1) is 0 Å². The van der Waals surface area contributed by atoms with E-state index in [-0.39, 0.29) is 24.2 Å². The molecule has 6 nitrogen and oxygen atoms in total. The molecule has 6 heteroatoms. The van der Waals surface area contributed by atoms with Crippen LogP contribution in [0.3, 0.4) is 0 Å². The second-order valence-corrected chi connectivity index (χ2v) is 7.58. The van der Waals surface area contributed by atoms with Gasteiger partial charge in [0.05, 0.1) is 23.7 Å². The second kappa shape index (κ2) is 8.74. The molecule has 1 heterocycles. The van der Waals surface area contributed by atoms with Gasteiger partial charge in [-0.05, 0) is 56.7 Å². The molecular formula is C21H31N3O3. The third-order valence-electron chi connectivity index (χ3n) is 5.24. The average Bonchev–Trinajstić information content (AvgIpc) is 2.95. The number of amides is 1. The van der Waals surface area contributed by atoms with Crippen LogP contribution in [0.25, 0.3) is 11.0 Å². The maximum Gasteiger partial charge on any atom is 0.297 e. The fraction of sp³-hybridized carbons (Fsp3) is 0.619. The first kappa shape index (κ1) is 19.7. The van der Waals surface area contributed by atoms with Gasteiger partial charge in [0.2, 0.25) is 5.91 Å². The number of nitrogens with zero attached hydrogens (tertiary/aromatic N) is 2. The topological polar surface area (TPSA) is 65.4 Å². The van der Waals surface area contributed by atoms with Gasteiger partial charge in [-0.25, -0.2) is 0 Å². The maximum absolute atomic E-state index is 11.1. The predicted molar refractivity (Wildman–Crippen MR) is 106 cm³/mol. The summed E-state index contributed by atoms with van der Waals surface area (Å²) in [6, 6.07) is 7.13. The van der Waals surface area contributed by atoms with Gasteiger partial charge in [-0.3, -0.25) is 9.36 Å². The van der Waals surface area contributed by atoms with E-state index < -0.39 is 0 Å². The van der Waals surface area contributed by atoms with E-state index in [2.05, 4.69) is 35.4 Å². The minimum Gasteiger partial charge on any atom is -0.461 e. The van der Waals surface area contributed by atoms with Crippen LogP contribution in [0.2, 0.25) is 0 Å². The molecule has 1 aromatic carbocycles. The zero-order valence-corrected chi connectivity index (χ0v) is 16.8. The maximum atomic E-state index is 11.1. The molecule has 1 atom stereocenters. The quantitative estimate of drug-likeness (QED) is 0.808. The number of nitrogens with one attached hydrogen (secondary N) is 1. The average molecular weight is 373 g/mol. The Morgan fingerprint density at radius 3 is 2.67 bits per heavy atom. The largest absolute Gasteiger partial charge is 0.461 e. The fourth-order valence-electron chi connectivity index (χ4n) is 3.67. The highest BCUT2D eigenvalue weighted by Crippen LogP contribution is 2.27. The number of ether oxygens (including phenoxy) is 2. The van der Waals surface area contributed by atoms with E-state index in [0.717, 1.165) is 43.1 Å². The summed E-state index contributed by atoms with van der Waals surface area (Å²) < 4.78 is 14.2. The number of aryl methyl sites for hydroxylation is 2. The van der Waals surface area contributed by atoms with Crippen LogP contribution in [0.1, 0.15) is 52.0 Å². The molecule has 1 aliphatic carbocycles. The first-order chi connectivity index (χ1) is 13.0. The summed E-state index contributed by atoms with van der Waals surface area (Å²) in [5, 5.41) is 2.85. The van der Waals surface area contributed by atoms with Gasteiger partial charge in [-0.2, -0.15) is 4.98 Å². The van der Waals surface area contributed by atoms with Gasteiger partial charge in [-0.1, -0.05) is 13.0 Å².